The van der Waals surface area contributed by atoms with Gasteiger partial charge in [-0.1, -0.05) is 140 Å². The third kappa shape index (κ3) is 4.12. The van der Waals surface area contributed by atoms with E-state index in [4.69, 9.17) is 8.83 Å². The van der Waals surface area contributed by atoms with Gasteiger partial charge in [-0.05, 0) is 111 Å². The van der Waals surface area contributed by atoms with E-state index in [1.165, 1.54) is 44.5 Å². The minimum atomic E-state index is -0.457. The molecule has 3 heteroatoms. The molecule has 0 N–H and O–H groups in total. The number of furan rings is 2. The van der Waals surface area contributed by atoms with Gasteiger partial charge in [-0.25, -0.2) is 0 Å². The zero-order valence-electron chi connectivity index (χ0n) is 31.3. The van der Waals surface area contributed by atoms with Gasteiger partial charge in [0.05, 0.1) is 5.41 Å². The number of anilines is 3. The van der Waals surface area contributed by atoms with E-state index in [9.17, 15) is 0 Å². The van der Waals surface area contributed by atoms with E-state index < -0.39 is 5.41 Å². The Morgan fingerprint density at radius 1 is 0.345 bits per heavy atom. The SMILES string of the molecule is c1ccc(N(c2ccccc2)c2ccc3oc4c(-c5ccc6c(c5)C5(c7ccccc7-c7ccccc75)c5ccccc5-6)c5c(cc4c3c2)oc2ccccc25)cc1. The van der Waals surface area contributed by atoms with Crippen LogP contribution in [0.4, 0.5) is 17.1 Å². The summed E-state index contributed by atoms with van der Waals surface area (Å²) >= 11 is 0. The van der Waals surface area contributed by atoms with Crippen LogP contribution < -0.4 is 4.90 Å². The van der Waals surface area contributed by atoms with Crippen molar-refractivity contribution in [2.45, 2.75) is 5.41 Å². The number of hydrogen-bond acceptors (Lipinski definition) is 3. The molecular formula is C55H33NO2. The molecule has 0 fully saturated rings. The van der Waals surface area contributed by atoms with Gasteiger partial charge in [-0.2, -0.15) is 0 Å². The van der Waals surface area contributed by atoms with Crippen LogP contribution in [0.5, 0.6) is 0 Å². The first-order chi connectivity index (χ1) is 28.8. The number of hydrogen-bond donors (Lipinski definition) is 0. The third-order valence-electron chi connectivity index (χ3n) is 12.7. The predicted octanol–water partition coefficient (Wildman–Crippen LogP) is 15.0. The Kier molecular flexibility index (Phi) is 6.37. The molecule has 2 heterocycles. The van der Waals surface area contributed by atoms with Crippen LogP contribution in [0, 0.1) is 0 Å². The van der Waals surface area contributed by atoms with Crippen LogP contribution in [0.2, 0.25) is 0 Å². The standard InChI is InChI=1S/C55H33NO2/c1-3-15-35(16-4-1)56(36-17-5-2-6-18-36)37-28-30-50-43(32-37)44-33-51-53(42-22-10-14-26-49(42)57-51)52(54(44)58-50)34-27-29-41-40-21-9-13-25-47(40)55(48(41)31-34)45-23-11-7-19-38(45)39-20-8-12-24-46(39)55/h1-33H. The fourth-order valence-corrected chi connectivity index (χ4v) is 10.4. The number of benzene rings is 9. The topological polar surface area (TPSA) is 29.5 Å². The summed E-state index contributed by atoms with van der Waals surface area (Å²) in [6.45, 7) is 0. The van der Waals surface area contributed by atoms with Gasteiger partial charge in [0.15, 0.2) is 0 Å². The van der Waals surface area contributed by atoms with Crippen LogP contribution in [0.15, 0.2) is 209 Å². The number of nitrogens with zero attached hydrogens (tertiary/aromatic N) is 1. The van der Waals surface area contributed by atoms with Crippen molar-refractivity contribution >= 4 is 60.9 Å². The highest BCUT2D eigenvalue weighted by molar-refractivity contribution is 6.24. The Bertz CT molecular complexity index is 3360. The second-order valence-electron chi connectivity index (χ2n) is 15.5. The van der Waals surface area contributed by atoms with Gasteiger partial charge in [-0.15, -0.1) is 0 Å². The summed E-state index contributed by atoms with van der Waals surface area (Å²) in [5.41, 5.74) is 18.7. The van der Waals surface area contributed by atoms with Crippen molar-refractivity contribution in [2.75, 3.05) is 4.90 Å². The summed E-state index contributed by atoms with van der Waals surface area (Å²) in [7, 11) is 0. The average molecular weight is 740 g/mol. The summed E-state index contributed by atoms with van der Waals surface area (Å²) in [6.07, 6.45) is 0. The molecule has 0 unspecified atom stereocenters. The van der Waals surface area contributed by atoms with Gasteiger partial charge in [0.1, 0.15) is 22.3 Å². The number of rotatable bonds is 4. The zero-order chi connectivity index (χ0) is 38.0. The molecule has 11 aromatic rings. The molecule has 0 aliphatic heterocycles. The third-order valence-corrected chi connectivity index (χ3v) is 12.7. The largest absolute Gasteiger partial charge is 0.456 e. The molecule has 58 heavy (non-hydrogen) atoms. The van der Waals surface area contributed by atoms with Gasteiger partial charge in [0.2, 0.25) is 0 Å². The fourth-order valence-electron chi connectivity index (χ4n) is 10.4. The second-order valence-corrected chi connectivity index (χ2v) is 15.5. The molecule has 0 saturated carbocycles. The van der Waals surface area contributed by atoms with Crippen molar-refractivity contribution < 1.29 is 8.83 Å². The smallest absolute Gasteiger partial charge is 0.144 e. The Hall–Kier alpha value is -7.62. The van der Waals surface area contributed by atoms with Crippen molar-refractivity contribution in [1.82, 2.24) is 0 Å². The Balaban J connectivity index is 1.11. The summed E-state index contributed by atoms with van der Waals surface area (Å²) in [5, 5.41) is 4.20. The van der Waals surface area contributed by atoms with Gasteiger partial charge in [-0.3, -0.25) is 0 Å². The maximum Gasteiger partial charge on any atom is 0.144 e. The lowest BCUT2D eigenvalue weighted by atomic mass is 9.70. The van der Waals surface area contributed by atoms with E-state index >= 15 is 0 Å². The lowest BCUT2D eigenvalue weighted by Gasteiger charge is -2.30. The summed E-state index contributed by atoms with van der Waals surface area (Å²) in [6, 6.07) is 72.2. The van der Waals surface area contributed by atoms with E-state index in [0.29, 0.717) is 0 Å². The first kappa shape index (κ1) is 31.6. The normalized spacial score (nSPS) is 13.3. The zero-order valence-corrected chi connectivity index (χ0v) is 31.3. The monoisotopic (exact) mass is 739 g/mol. The first-order valence-corrected chi connectivity index (χ1v) is 19.9. The Morgan fingerprint density at radius 3 is 1.55 bits per heavy atom. The molecule has 0 atom stereocenters. The van der Waals surface area contributed by atoms with E-state index in [1.807, 2.05) is 6.07 Å². The molecule has 2 aliphatic carbocycles. The molecule has 1 spiro atoms. The molecule has 2 aromatic heterocycles. The van der Waals surface area contributed by atoms with E-state index in [1.54, 1.807) is 0 Å². The van der Waals surface area contributed by atoms with E-state index in [2.05, 4.69) is 199 Å². The summed E-state index contributed by atoms with van der Waals surface area (Å²) < 4.78 is 13.8. The minimum Gasteiger partial charge on any atom is -0.456 e. The molecule has 0 amide bonds. The van der Waals surface area contributed by atoms with E-state index in [0.717, 1.165) is 72.1 Å². The highest BCUT2D eigenvalue weighted by Gasteiger charge is 2.51. The van der Waals surface area contributed by atoms with Crippen molar-refractivity contribution in [1.29, 1.82) is 0 Å². The second kappa shape index (κ2) is 11.7. The summed E-state index contributed by atoms with van der Waals surface area (Å²) in [5.74, 6) is 0. The van der Waals surface area contributed by atoms with Crippen LogP contribution in [0.25, 0.3) is 77.3 Å². The van der Waals surface area contributed by atoms with Crippen LogP contribution in [-0.2, 0) is 5.41 Å². The van der Waals surface area contributed by atoms with Gasteiger partial charge < -0.3 is 13.7 Å². The highest BCUT2D eigenvalue weighted by atomic mass is 16.3. The highest BCUT2D eigenvalue weighted by Crippen LogP contribution is 2.63. The van der Waals surface area contributed by atoms with Crippen LogP contribution in [0.1, 0.15) is 22.3 Å². The van der Waals surface area contributed by atoms with Gasteiger partial charge in [0, 0.05) is 44.2 Å². The minimum absolute atomic E-state index is 0.457. The van der Waals surface area contributed by atoms with Crippen LogP contribution >= 0.6 is 0 Å². The van der Waals surface area contributed by atoms with Gasteiger partial charge in [0.25, 0.3) is 0 Å². The maximum absolute atomic E-state index is 7.06. The number of para-hydroxylation sites is 3. The molecule has 13 rings (SSSR count). The molecule has 2 aliphatic rings. The number of fused-ring (bicyclic) bond motifs is 16. The fraction of sp³-hybridized carbons (Fsp3) is 0.0182. The molecule has 0 saturated heterocycles. The quantitative estimate of drug-likeness (QED) is 0.180. The van der Waals surface area contributed by atoms with E-state index in [-0.39, 0.29) is 0 Å². The van der Waals surface area contributed by atoms with Crippen LogP contribution in [-0.4, -0.2) is 0 Å². The molecule has 9 aromatic carbocycles. The molecule has 0 bridgehead atoms. The lowest BCUT2D eigenvalue weighted by molar-refractivity contribution is 0.664. The van der Waals surface area contributed by atoms with Crippen molar-refractivity contribution in [3.63, 3.8) is 0 Å². The van der Waals surface area contributed by atoms with Crippen molar-refractivity contribution in [3.05, 3.63) is 222 Å². The van der Waals surface area contributed by atoms with Crippen molar-refractivity contribution in [2.24, 2.45) is 0 Å². The average Bonchev–Trinajstić information content (AvgIpc) is 4.01. The lowest BCUT2D eigenvalue weighted by Crippen LogP contribution is -2.25. The predicted molar refractivity (Wildman–Crippen MR) is 237 cm³/mol. The molecular weight excluding hydrogens is 707 g/mol. The molecule has 270 valence electrons. The molecule has 0 radical (unpaired) electrons. The van der Waals surface area contributed by atoms with Crippen molar-refractivity contribution in [3.8, 4) is 33.4 Å². The van der Waals surface area contributed by atoms with Gasteiger partial charge >= 0.3 is 0 Å². The van der Waals surface area contributed by atoms with Crippen LogP contribution in [0.3, 0.4) is 0 Å². The maximum atomic E-state index is 7.06. The molecule has 3 nitrogen and oxygen atoms in total. The first-order valence-electron chi connectivity index (χ1n) is 19.9. The Labute approximate surface area is 334 Å². The Morgan fingerprint density at radius 2 is 0.897 bits per heavy atom. The summed E-state index contributed by atoms with van der Waals surface area (Å²) in [4.78, 5) is 2.30.